The first-order valence-corrected chi connectivity index (χ1v) is 11.5. The Morgan fingerprint density at radius 2 is 2.03 bits per heavy atom. The number of likely N-dealkylation sites (tertiary alicyclic amines) is 1. The molecule has 1 saturated heterocycles. The van der Waals surface area contributed by atoms with E-state index in [4.69, 9.17) is 4.98 Å². The molecule has 1 amide bonds. The molecule has 0 radical (unpaired) electrons. The molecule has 0 bridgehead atoms. The number of thioether (sulfide) groups is 1. The second-order valence-electron chi connectivity index (χ2n) is 7.09. The van der Waals surface area contributed by atoms with Crippen LogP contribution >= 0.6 is 23.1 Å². The smallest absolute Gasteiger partial charge is 0.263 e. The highest BCUT2D eigenvalue weighted by atomic mass is 32.2. The number of carbonyl (C=O) groups is 1. The van der Waals surface area contributed by atoms with Crippen molar-refractivity contribution < 1.29 is 4.79 Å². The molecule has 5 nitrogen and oxygen atoms in total. The zero-order valence-corrected chi connectivity index (χ0v) is 18.0. The fourth-order valence-corrected chi connectivity index (χ4v) is 5.61. The summed E-state index contributed by atoms with van der Waals surface area (Å²) in [5, 5.41) is 2.90. The Hall–Kier alpha value is -2.38. The van der Waals surface area contributed by atoms with Gasteiger partial charge in [0, 0.05) is 30.6 Å². The van der Waals surface area contributed by atoms with E-state index in [0.29, 0.717) is 21.9 Å². The van der Waals surface area contributed by atoms with Gasteiger partial charge >= 0.3 is 0 Å². The van der Waals surface area contributed by atoms with Crippen molar-refractivity contribution in [3.05, 3.63) is 58.7 Å². The number of fused-ring (bicyclic) bond motifs is 1. The molecule has 1 unspecified atom stereocenters. The molecule has 0 saturated carbocycles. The lowest BCUT2D eigenvalue weighted by molar-refractivity contribution is -0.129. The Kier molecular flexibility index (Phi) is 5.87. The lowest BCUT2D eigenvalue weighted by Gasteiger charge is -2.20. The van der Waals surface area contributed by atoms with E-state index in [9.17, 15) is 9.59 Å². The molecule has 1 aliphatic heterocycles. The van der Waals surface area contributed by atoms with Crippen LogP contribution in [0.1, 0.15) is 19.8 Å². The van der Waals surface area contributed by atoms with Crippen molar-refractivity contribution in [2.45, 2.75) is 36.7 Å². The minimum atomic E-state index is -0.290. The van der Waals surface area contributed by atoms with Crippen molar-refractivity contribution in [3.63, 3.8) is 0 Å². The van der Waals surface area contributed by atoms with Gasteiger partial charge < -0.3 is 4.90 Å². The first kappa shape index (κ1) is 19.9. The minimum Gasteiger partial charge on any atom is -0.342 e. The Morgan fingerprint density at radius 1 is 1.31 bits per heavy atom. The second-order valence-corrected chi connectivity index (χ2v) is 9.25. The number of carbonyl (C=O) groups excluding carboxylic acids is 1. The maximum absolute atomic E-state index is 13.4. The average Bonchev–Trinajstić information content (AvgIpc) is 3.41. The molecule has 1 aliphatic rings. The summed E-state index contributed by atoms with van der Waals surface area (Å²) in [6, 6.07) is 9.88. The van der Waals surface area contributed by atoms with Crippen molar-refractivity contribution >= 4 is 39.2 Å². The summed E-state index contributed by atoms with van der Waals surface area (Å²) in [7, 11) is 0. The van der Waals surface area contributed by atoms with Crippen LogP contribution in [0.25, 0.3) is 21.3 Å². The van der Waals surface area contributed by atoms with E-state index in [1.807, 2.05) is 47.5 Å². The Morgan fingerprint density at radius 3 is 2.72 bits per heavy atom. The van der Waals surface area contributed by atoms with Gasteiger partial charge in [-0.3, -0.25) is 14.2 Å². The van der Waals surface area contributed by atoms with Crippen LogP contribution in [-0.4, -0.2) is 38.7 Å². The first-order chi connectivity index (χ1) is 14.1. The molecule has 0 spiro atoms. The van der Waals surface area contributed by atoms with Gasteiger partial charge in [-0.15, -0.1) is 17.9 Å². The van der Waals surface area contributed by atoms with Crippen molar-refractivity contribution in [2.75, 3.05) is 13.1 Å². The molecule has 7 heteroatoms. The molecular formula is C22H23N3O2S2. The van der Waals surface area contributed by atoms with E-state index in [1.54, 1.807) is 10.6 Å². The molecule has 150 valence electrons. The van der Waals surface area contributed by atoms with Gasteiger partial charge in [-0.2, -0.15) is 0 Å². The predicted octanol–water partition coefficient (Wildman–Crippen LogP) is 4.41. The van der Waals surface area contributed by atoms with Gasteiger partial charge in [-0.1, -0.05) is 48.2 Å². The molecular weight excluding hydrogens is 402 g/mol. The minimum absolute atomic E-state index is 0.0849. The monoisotopic (exact) mass is 425 g/mol. The zero-order chi connectivity index (χ0) is 20.4. The number of amides is 1. The molecule has 29 heavy (non-hydrogen) atoms. The van der Waals surface area contributed by atoms with Crippen molar-refractivity contribution in [1.82, 2.24) is 14.5 Å². The highest BCUT2D eigenvalue weighted by molar-refractivity contribution is 8.00. The SMILES string of the molecule is C=CCn1c(SC(C)C(=O)N2CCCC2)nc2scc(-c3ccccc3)c2c1=O. The van der Waals surface area contributed by atoms with Crippen LogP contribution in [0, 0.1) is 0 Å². The molecule has 1 aromatic carbocycles. The standard InChI is InChI=1S/C22H23N3O2S2/c1-3-11-25-21(27)18-17(16-9-5-4-6-10-16)14-28-19(18)23-22(25)29-15(2)20(26)24-12-7-8-13-24/h3-6,9-10,14-15H,1,7-8,11-13H2,2H3. The Bertz CT molecular complexity index is 1100. The lowest BCUT2D eigenvalue weighted by atomic mass is 10.1. The number of hydrogen-bond donors (Lipinski definition) is 0. The van der Waals surface area contributed by atoms with E-state index in [-0.39, 0.29) is 16.7 Å². The summed E-state index contributed by atoms with van der Waals surface area (Å²) in [6.07, 6.45) is 3.82. The number of thiophene rings is 1. The number of hydrogen-bond acceptors (Lipinski definition) is 5. The molecule has 0 aliphatic carbocycles. The van der Waals surface area contributed by atoms with Crippen molar-refractivity contribution in [2.24, 2.45) is 0 Å². The van der Waals surface area contributed by atoms with Gasteiger partial charge in [-0.25, -0.2) is 4.98 Å². The molecule has 0 N–H and O–H groups in total. The summed E-state index contributed by atoms with van der Waals surface area (Å²) < 4.78 is 1.63. The lowest BCUT2D eigenvalue weighted by Crippen LogP contribution is -2.34. The number of aromatic nitrogens is 2. The van der Waals surface area contributed by atoms with E-state index in [1.165, 1.54) is 23.1 Å². The molecule has 3 heterocycles. The quantitative estimate of drug-likeness (QED) is 0.333. The molecule has 1 fully saturated rings. The van der Waals surface area contributed by atoms with Crippen LogP contribution in [0.4, 0.5) is 0 Å². The first-order valence-electron chi connectivity index (χ1n) is 9.74. The predicted molar refractivity (Wildman–Crippen MR) is 121 cm³/mol. The third-order valence-electron chi connectivity index (χ3n) is 5.10. The summed E-state index contributed by atoms with van der Waals surface area (Å²) >= 11 is 2.82. The normalized spacial score (nSPS) is 15.0. The molecule has 4 rings (SSSR count). The van der Waals surface area contributed by atoms with Crippen LogP contribution in [0.2, 0.25) is 0 Å². The number of nitrogens with zero attached hydrogens (tertiary/aromatic N) is 3. The topological polar surface area (TPSA) is 55.2 Å². The van der Waals surface area contributed by atoms with Crippen LogP contribution in [0.15, 0.2) is 58.3 Å². The molecule has 2 aromatic heterocycles. The van der Waals surface area contributed by atoms with Crippen LogP contribution in [0.5, 0.6) is 0 Å². The number of allylic oxidation sites excluding steroid dienone is 1. The molecule has 3 aromatic rings. The third-order valence-corrected chi connectivity index (χ3v) is 7.05. The largest absolute Gasteiger partial charge is 0.342 e. The highest BCUT2D eigenvalue weighted by Gasteiger charge is 2.26. The Balaban J connectivity index is 1.74. The Labute approximate surface area is 178 Å². The van der Waals surface area contributed by atoms with Crippen molar-refractivity contribution in [1.29, 1.82) is 0 Å². The third kappa shape index (κ3) is 3.89. The van der Waals surface area contributed by atoms with E-state index < -0.39 is 0 Å². The summed E-state index contributed by atoms with van der Waals surface area (Å²) in [5.74, 6) is 0.114. The van der Waals surface area contributed by atoms with E-state index in [0.717, 1.165) is 37.1 Å². The van der Waals surface area contributed by atoms with Crippen LogP contribution in [0.3, 0.4) is 0 Å². The van der Waals surface area contributed by atoms with Gasteiger partial charge in [0.2, 0.25) is 5.91 Å². The van der Waals surface area contributed by atoms with Crippen LogP contribution < -0.4 is 5.56 Å². The fourth-order valence-electron chi connectivity index (χ4n) is 3.62. The van der Waals surface area contributed by atoms with Gasteiger partial charge in [-0.05, 0) is 25.3 Å². The fraction of sp³-hybridized carbons (Fsp3) is 0.318. The van der Waals surface area contributed by atoms with Gasteiger partial charge in [0.15, 0.2) is 5.16 Å². The number of benzene rings is 1. The van der Waals surface area contributed by atoms with Gasteiger partial charge in [0.25, 0.3) is 5.56 Å². The van der Waals surface area contributed by atoms with E-state index in [2.05, 4.69) is 6.58 Å². The highest BCUT2D eigenvalue weighted by Crippen LogP contribution is 2.33. The number of rotatable bonds is 6. The average molecular weight is 426 g/mol. The summed E-state index contributed by atoms with van der Waals surface area (Å²) in [5.41, 5.74) is 1.82. The summed E-state index contributed by atoms with van der Waals surface area (Å²) in [6.45, 7) is 7.69. The van der Waals surface area contributed by atoms with Crippen molar-refractivity contribution in [3.8, 4) is 11.1 Å². The van der Waals surface area contributed by atoms with Gasteiger partial charge in [0.1, 0.15) is 4.83 Å². The maximum Gasteiger partial charge on any atom is 0.263 e. The second kappa shape index (κ2) is 8.55. The summed E-state index contributed by atoms with van der Waals surface area (Å²) in [4.78, 5) is 33.5. The van der Waals surface area contributed by atoms with E-state index >= 15 is 0 Å². The zero-order valence-electron chi connectivity index (χ0n) is 16.3. The van der Waals surface area contributed by atoms with Crippen LogP contribution in [-0.2, 0) is 11.3 Å². The van der Waals surface area contributed by atoms with Gasteiger partial charge in [0.05, 0.1) is 10.6 Å². The maximum atomic E-state index is 13.4. The molecule has 1 atom stereocenters.